The monoisotopic (exact) mass is 800 g/mol. The molecule has 2 aromatic carbocycles. The first kappa shape index (κ1) is 43.4. The smallest absolute Gasteiger partial charge is 0.411 e. The number of nitrogens with one attached hydrogen (secondary N) is 1. The summed E-state index contributed by atoms with van der Waals surface area (Å²) in [7, 11) is 0. The van der Waals surface area contributed by atoms with Gasteiger partial charge < -0.3 is 20.3 Å². The molecule has 0 radical (unpaired) electrons. The number of likely N-dealkylation sites (tertiary alicyclic amines) is 3. The van der Waals surface area contributed by atoms with Crippen molar-refractivity contribution in [2.24, 2.45) is 10.8 Å². The summed E-state index contributed by atoms with van der Waals surface area (Å²) >= 11 is 0. The van der Waals surface area contributed by atoms with E-state index in [1.807, 2.05) is 36.4 Å². The first-order chi connectivity index (χ1) is 27.2. The molecule has 6 aliphatic rings. The lowest BCUT2D eigenvalue weighted by molar-refractivity contribution is -0.142. The number of aliphatic carboxylic acids is 2. The molecular weight excluding hydrogens is 737 g/mol. The van der Waals surface area contributed by atoms with Gasteiger partial charge in [-0.05, 0) is 120 Å². The van der Waals surface area contributed by atoms with Crippen molar-refractivity contribution >= 4 is 29.6 Å². The highest BCUT2D eigenvalue weighted by Gasteiger charge is 2.53. The summed E-state index contributed by atoms with van der Waals surface area (Å²) in [6.45, 7) is 10.0. The number of nitrogens with zero attached hydrogens (tertiary/aromatic N) is 3. The number of carbonyl (C=O) groups is 5. The molecule has 6 atom stereocenters. The van der Waals surface area contributed by atoms with Crippen molar-refractivity contribution in [2.75, 3.05) is 39.3 Å². The Bertz CT molecular complexity index is 1780. The van der Waals surface area contributed by atoms with Gasteiger partial charge in [0, 0.05) is 49.9 Å². The molecular formula is C46H64N4O8. The molecule has 0 aromatic heterocycles. The molecule has 8 rings (SSSR count). The summed E-state index contributed by atoms with van der Waals surface area (Å²) in [6, 6.07) is 19.4. The van der Waals surface area contributed by atoms with Crippen molar-refractivity contribution in [3.63, 3.8) is 0 Å². The Morgan fingerprint density at radius 1 is 0.690 bits per heavy atom. The third-order valence-electron chi connectivity index (χ3n) is 14.1. The molecule has 316 valence electrons. The van der Waals surface area contributed by atoms with E-state index in [0.717, 1.165) is 76.8 Å². The first-order valence-electron chi connectivity index (χ1n) is 21.0. The van der Waals surface area contributed by atoms with Crippen LogP contribution in [-0.2, 0) is 23.9 Å². The summed E-state index contributed by atoms with van der Waals surface area (Å²) in [5, 5.41) is 22.0. The van der Waals surface area contributed by atoms with Crippen LogP contribution in [0.1, 0.15) is 115 Å². The number of carboxylic acids is 2. The zero-order valence-electron chi connectivity index (χ0n) is 33.7. The normalized spacial score (nSPS) is 29.5. The minimum absolute atomic E-state index is 0. The number of ether oxygens (including phenoxy) is 1. The van der Waals surface area contributed by atoms with Gasteiger partial charge in [-0.2, -0.15) is 0 Å². The van der Waals surface area contributed by atoms with Crippen molar-refractivity contribution < 1.29 is 38.9 Å². The number of carbonyl (C=O) groups excluding carboxylic acids is 3. The van der Waals surface area contributed by atoms with Gasteiger partial charge in [0.2, 0.25) is 0 Å². The number of hydrogen-bond donors (Lipinski definition) is 3. The maximum absolute atomic E-state index is 12.8. The maximum Gasteiger partial charge on any atom is 0.411 e. The summed E-state index contributed by atoms with van der Waals surface area (Å²) in [5.74, 6) is -0.997. The van der Waals surface area contributed by atoms with Crippen molar-refractivity contribution in [2.45, 2.75) is 134 Å². The van der Waals surface area contributed by atoms with Gasteiger partial charge in [-0.1, -0.05) is 68.1 Å². The lowest BCUT2D eigenvalue weighted by Crippen LogP contribution is -2.48. The predicted octanol–water partition coefficient (Wildman–Crippen LogP) is 6.34. The van der Waals surface area contributed by atoms with Crippen LogP contribution >= 0.6 is 0 Å². The SMILES string of the molecule is C.CC(C)(C)OC(=O)N1C[C@@H](N2CCC3(CCC(=O)C3c3ccccc3)CC2)C[C@H]1C(=O)O.O=C1CCC2(CCN([C@@H]3CN[C@H](C(=O)O)C3)CC2)C1c1ccccc1. The first-order valence-corrected chi connectivity index (χ1v) is 21.0. The molecule has 12 heteroatoms. The topological polar surface area (TPSA) is 157 Å². The fraction of sp³-hybridized carbons (Fsp3) is 0.630. The molecule has 2 aromatic rings. The molecule has 2 aliphatic carbocycles. The van der Waals surface area contributed by atoms with Gasteiger partial charge in [-0.3, -0.25) is 29.1 Å². The Labute approximate surface area is 343 Å². The van der Waals surface area contributed by atoms with Crippen molar-refractivity contribution in [3.8, 4) is 0 Å². The number of carboxylic acid groups (broad SMARTS) is 2. The molecule has 3 N–H and O–H groups in total. The second-order valence-corrected chi connectivity index (χ2v) is 18.5. The van der Waals surface area contributed by atoms with E-state index in [1.54, 1.807) is 20.8 Å². The number of benzene rings is 2. The Kier molecular flexibility index (Phi) is 13.2. The summed E-state index contributed by atoms with van der Waals surface area (Å²) in [5.41, 5.74) is 1.72. The van der Waals surface area contributed by atoms with Crippen LogP contribution < -0.4 is 5.32 Å². The fourth-order valence-electron chi connectivity index (χ4n) is 11.1. The molecule has 58 heavy (non-hydrogen) atoms. The van der Waals surface area contributed by atoms with E-state index < -0.39 is 35.7 Å². The summed E-state index contributed by atoms with van der Waals surface area (Å²) in [6.07, 6.45) is 7.68. The lowest BCUT2D eigenvalue weighted by atomic mass is 9.68. The van der Waals surface area contributed by atoms with E-state index in [-0.39, 0.29) is 36.1 Å². The van der Waals surface area contributed by atoms with Gasteiger partial charge in [0.25, 0.3) is 0 Å². The Balaban J connectivity index is 0.000000198. The highest BCUT2D eigenvalue weighted by Crippen LogP contribution is 2.55. The Morgan fingerprint density at radius 3 is 1.57 bits per heavy atom. The van der Waals surface area contributed by atoms with E-state index >= 15 is 0 Å². The average Bonchev–Trinajstić information content (AvgIpc) is 3.99. The molecule has 2 spiro atoms. The van der Waals surface area contributed by atoms with Crippen LogP contribution in [0, 0.1) is 10.8 Å². The average molecular weight is 801 g/mol. The molecule has 0 bridgehead atoms. The third kappa shape index (κ3) is 9.04. The number of piperidine rings is 2. The van der Waals surface area contributed by atoms with Gasteiger partial charge in [0.1, 0.15) is 29.3 Å². The van der Waals surface area contributed by atoms with Crippen LogP contribution in [0.15, 0.2) is 60.7 Å². The van der Waals surface area contributed by atoms with E-state index in [1.165, 1.54) is 10.5 Å². The maximum atomic E-state index is 12.8. The molecule has 12 nitrogen and oxygen atoms in total. The molecule has 4 heterocycles. The number of hydrogen-bond acceptors (Lipinski definition) is 9. The highest BCUT2D eigenvalue weighted by atomic mass is 16.6. The van der Waals surface area contributed by atoms with Crippen molar-refractivity contribution in [3.05, 3.63) is 71.8 Å². The van der Waals surface area contributed by atoms with Crippen LogP contribution in [0.4, 0.5) is 4.79 Å². The van der Waals surface area contributed by atoms with E-state index in [9.17, 15) is 29.1 Å². The van der Waals surface area contributed by atoms with Gasteiger partial charge in [0.15, 0.2) is 0 Å². The fourth-order valence-corrected chi connectivity index (χ4v) is 11.1. The molecule has 4 aliphatic heterocycles. The number of Topliss-reactive ketones (excluding diaryl/α,β-unsaturated/α-hetero) is 2. The van der Waals surface area contributed by atoms with Crippen LogP contribution in [-0.4, -0.2) is 124 Å². The zero-order valence-corrected chi connectivity index (χ0v) is 33.7. The molecule has 6 fully saturated rings. The molecule has 2 unspecified atom stereocenters. The minimum atomic E-state index is -0.989. The van der Waals surface area contributed by atoms with Crippen LogP contribution in [0.5, 0.6) is 0 Å². The second kappa shape index (κ2) is 17.6. The molecule has 4 saturated heterocycles. The largest absolute Gasteiger partial charge is 0.480 e. The van der Waals surface area contributed by atoms with E-state index in [4.69, 9.17) is 9.84 Å². The highest BCUT2D eigenvalue weighted by molar-refractivity contribution is 5.90. The van der Waals surface area contributed by atoms with Crippen molar-refractivity contribution in [1.29, 1.82) is 0 Å². The van der Waals surface area contributed by atoms with Gasteiger partial charge in [-0.25, -0.2) is 9.59 Å². The Morgan fingerprint density at radius 2 is 1.16 bits per heavy atom. The minimum Gasteiger partial charge on any atom is -0.480 e. The van der Waals surface area contributed by atoms with Crippen molar-refractivity contribution in [1.82, 2.24) is 20.0 Å². The van der Waals surface area contributed by atoms with Crippen LogP contribution in [0.2, 0.25) is 0 Å². The summed E-state index contributed by atoms with van der Waals surface area (Å²) in [4.78, 5) is 67.2. The Hall–Kier alpha value is -4.13. The van der Waals surface area contributed by atoms with Crippen LogP contribution in [0.25, 0.3) is 0 Å². The number of rotatable bonds is 6. The quantitative estimate of drug-likeness (QED) is 0.300. The van der Waals surface area contributed by atoms with E-state index in [0.29, 0.717) is 49.8 Å². The third-order valence-corrected chi connectivity index (χ3v) is 14.1. The lowest BCUT2D eigenvalue weighted by Gasteiger charge is -2.44. The van der Waals surface area contributed by atoms with Crippen LogP contribution in [0.3, 0.4) is 0 Å². The molecule has 1 amide bonds. The van der Waals surface area contributed by atoms with Gasteiger partial charge >= 0.3 is 18.0 Å². The van der Waals surface area contributed by atoms with E-state index in [2.05, 4.69) is 39.4 Å². The number of amides is 1. The standard InChI is InChI=1S/C25H34N2O5.C20H26N2O3.CH4/c1-24(2,3)32-23(31)27-16-18(15-19(27)22(29)30)26-13-11-25(12-14-26)10-9-20(28)21(25)17-7-5-4-6-8-17;23-17-6-7-20(18(17)14-4-2-1-3-5-14)8-10-22(11-9-20)15-12-16(19(24)25)21-13-15;/h4-8,18-19,21H,9-16H2,1-3H3,(H,29,30);1-5,15-16,18,21H,6-13H2,(H,24,25);1H4/t18-,19-,21?;15-,16-,18?;/m00./s1. The predicted molar refractivity (Wildman–Crippen MR) is 221 cm³/mol. The van der Waals surface area contributed by atoms with Gasteiger partial charge in [-0.15, -0.1) is 0 Å². The number of ketones is 2. The molecule has 2 saturated carbocycles. The zero-order chi connectivity index (χ0) is 40.5. The second-order valence-electron chi connectivity index (χ2n) is 18.5. The van der Waals surface area contributed by atoms with Gasteiger partial charge in [0.05, 0.1) is 0 Å². The summed E-state index contributed by atoms with van der Waals surface area (Å²) < 4.78 is 5.46.